The van der Waals surface area contributed by atoms with Gasteiger partial charge >= 0.3 is 0 Å². The van der Waals surface area contributed by atoms with Crippen LogP contribution in [0.3, 0.4) is 0 Å². The van der Waals surface area contributed by atoms with Crippen LogP contribution < -0.4 is 5.32 Å². The van der Waals surface area contributed by atoms with Crippen LogP contribution in [0.2, 0.25) is 0 Å². The predicted molar refractivity (Wildman–Crippen MR) is 97.3 cm³/mol. The number of hydrogen-bond acceptors (Lipinski definition) is 6. The van der Waals surface area contributed by atoms with Crippen molar-refractivity contribution in [1.82, 2.24) is 15.2 Å². The maximum Gasteiger partial charge on any atom is 0.254 e. The lowest BCUT2D eigenvalue weighted by molar-refractivity contribution is -0.148. The van der Waals surface area contributed by atoms with Crippen LogP contribution in [0.5, 0.6) is 0 Å². The van der Waals surface area contributed by atoms with E-state index in [2.05, 4.69) is 10.3 Å². The van der Waals surface area contributed by atoms with Gasteiger partial charge in [0.2, 0.25) is 5.91 Å². The summed E-state index contributed by atoms with van der Waals surface area (Å²) in [5.41, 5.74) is -0.536. The van der Waals surface area contributed by atoms with E-state index in [1.807, 2.05) is 0 Å². The van der Waals surface area contributed by atoms with Gasteiger partial charge in [0.15, 0.2) is 0 Å². The molecule has 8 heteroatoms. The number of fused-ring (bicyclic) bond motifs is 1. The highest BCUT2D eigenvalue weighted by molar-refractivity contribution is 7.11. The molecule has 1 saturated carbocycles. The van der Waals surface area contributed by atoms with E-state index in [-0.39, 0.29) is 17.7 Å². The van der Waals surface area contributed by atoms with Gasteiger partial charge in [0.05, 0.1) is 30.8 Å². The molecule has 3 N–H and O–H groups in total. The third kappa shape index (κ3) is 4.24. The average Bonchev–Trinajstić information content (AvgIpc) is 3.00. The SMILES string of the molecule is CC(C)(O)C(=O)N1CCc2sc(CNC(=O)[C@@H]3CCCC[C@H]3O)nc2C1. The maximum atomic E-state index is 12.3. The summed E-state index contributed by atoms with van der Waals surface area (Å²) < 4.78 is 0. The number of aliphatic hydroxyl groups is 2. The molecule has 7 nitrogen and oxygen atoms in total. The standard InChI is InChI=1S/C18H27N3O4S/c1-18(2,25)17(24)21-8-7-14-12(10-21)20-15(26-14)9-19-16(23)11-5-3-4-6-13(11)22/h11,13,22,25H,3-10H2,1-2H3,(H,19,23)/t11-,13-/m1/s1. The minimum atomic E-state index is -1.38. The van der Waals surface area contributed by atoms with Gasteiger partial charge in [-0.3, -0.25) is 9.59 Å². The Bertz CT molecular complexity index is 682. The Morgan fingerprint density at radius 2 is 2.08 bits per heavy atom. The average molecular weight is 381 g/mol. The van der Waals surface area contributed by atoms with Gasteiger partial charge in [-0.1, -0.05) is 12.8 Å². The normalized spacial score (nSPS) is 23.5. The lowest BCUT2D eigenvalue weighted by Crippen LogP contribution is -2.47. The molecule has 2 heterocycles. The van der Waals surface area contributed by atoms with Gasteiger partial charge in [-0.05, 0) is 26.7 Å². The highest BCUT2D eigenvalue weighted by Gasteiger charge is 2.33. The molecular weight excluding hydrogens is 354 g/mol. The van der Waals surface area contributed by atoms with E-state index in [1.54, 1.807) is 16.2 Å². The van der Waals surface area contributed by atoms with E-state index in [1.165, 1.54) is 13.8 Å². The fraction of sp³-hybridized carbons (Fsp3) is 0.722. The Kier molecular flexibility index (Phi) is 5.64. The number of thiazole rings is 1. The molecule has 0 saturated heterocycles. The first-order valence-corrected chi connectivity index (χ1v) is 10.0. The summed E-state index contributed by atoms with van der Waals surface area (Å²) in [6.07, 6.45) is 3.54. The van der Waals surface area contributed by atoms with Gasteiger partial charge in [0.25, 0.3) is 5.91 Å². The fourth-order valence-corrected chi connectivity index (χ4v) is 4.60. The molecule has 1 aliphatic carbocycles. The molecule has 0 aromatic carbocycles. The molecule has 1 aromatic heterocycles. The largest absolute Gasteiger partial charge is 0.392 e. The number of nitrogens with one attached hydrogen (secondary N) is 1. The number of carbonyl (C=O) groups is 2. The number of aliphatic hydroxyl groups excluding tert-OH is 1. The quantitative estimate of drug-likeness (QED) is 0.721. The zero-order chi connectivity index (χ0) is 18.9. The first kappa shape index (κ1) is 19.3. The summed E-state index contributed by atoms with van der Waals surface area (Å²) in [6, 6.07) is 0. The molecule has 0 spiro atoms. The van der Waals surface area contributed by atoms with Crippen molar-refractivity contribution in [2.24, 2.45) is 5.92 Å². The van der Waals surface area contributed by atoms with Crippen molar-refractivity contribution < 1.29 is 19.8 Å². The summed E-state index contributed by atoms with van der Waals surface area (Å²) in [6.45, 7) is 4.29. The molecule has 1 fully saturated rings. The predicted octanol–water partition coefficient (Wildman–Crippen LogP) is 0.966. The molecule has 2 amide bonds. The van der Waals surface area contributed by atoms with E-state index in [0.717, 1.165) is 34.8 Å². The van der Waals surface area contributed by atoms with Crippen LogP contribution in [0.4, 0.5) is 0 Å². The Hall–Kier alpha value is -1.51. The van der Waals surface area contributed by atoms with E-state index >= 15 is 0 Å². The van der Waals surface area contributed by atoms with Crippen molar-refractivity contribution in [1.29, 1.82) is 0 Å². The summed E-state index contributed by atoms with van der Waals surface area (Å²) >= 11 is 1.56. The minimum absolute atomic E-state index is 0.107. The van der Waals surface area contributed by atoms with Crippen molar-refractivity contribution in [3.05, 3.63) is 15.6 Å². The van der Waals surface area contributed by atoms with Crippen LogP contribution in [0.25, 0.3) is 0 Å². The van der Waals surface area contributed by atoms with Crippen LogP contribution in [-0.4, -0.2) is 50.2 Å². The van der Waals surface area contributed by atoms with E-state index < -0.39 is 11.7 Å². The van der Waals surface area contributed by atoms with Crippen molar-refractivity contribution in [3.63, 3.8) is 0 Å². The summed E-state index contributed by atoms with van der Waals surface area (Å²) in [5, 5.41) is 23.6. The number of nitrogens with zero attached hydrogens (tertiary/aromatic N) is 2. The topological polar surface area (TPSA) is 103 Å². The van der Waals surface area contributed by atoms with Crippen LogP contribution in [-0.2, 0) is 29.1 Å². The van der Waals surface area contributed by atoms with Gasteiger partial charge in [0.1, 0.15) is 10.6 Å². The third-order valence-electron chi connectivity index (χ3n) is 5.06. The summed E-state index contributed by atoms with van der Waals surface area (Å²) in [7, 11) is 0. The maximum absolute atomic E-state index is 12.3. The first-order valence-electron chi connectivity index (χ1n) is 9.20. The van der Waals surface area contributed by atoms with Gasteiger partial charge < -0.3 is 20.4 Å². The Morgan fingerprint density at radius 3 is 2.77 bits per heavy atom. The van der Waals surface area contributed by atoms with E-state index in [0.29, 0.717) is 32.5 Å². The Balaban J connectivity index is 1.58. The van der Waals surface area contributed by atoms with Gasteiger partial charge in [-0.2, -0.15) is 0 Å². The molecule has 26 heavy (non-hydrogen) atoms. The zero-order valence-corrected chi connectivity index (χ0v) is 16.1. The Labute approximate surface area is 157 Å². The molecule has 0 unspecified atom stereocenters. The molecule has 144 valence electrons. The lowest BCUT2D eigenvalue weighted by Gasteiger charge is -2.30. The monoisotopic (exact) mass is 381 g/mol. The minimum Gasteiger partial charge on any atom is -0.392 e. The van der Waals surface area contributed by atoms with Crippen molar-refractivity contribution >= 4 is 23.2 Å². The summed E-state index contributed by atoms with van der Waals surface area (Å²) in [4.78, 5) is 31.9. The molecule has 2 atom stereocenters. The van der Waals surface area contributed by atoms with Crippen LogP contribution in [0.15, 0.2) is 0 Å². The zero-order valence-electron chi connectivity index (χ0n) is 15.3. The number of carbonyl (C=O) groups excluding carboxylic acids is 2. The van der Waals surface area contributed by atoms with Crippen molar-refractivity contribution in [2.75, 3.05) is 6.54 Å². The third-order valence-corrected chi connectivity index (χ3v) is 6.22. The molecule has 0 radical (unpaired) electrons. The molecule has 0 bridgehead atoms. The van der Waals surface area contributed by atoms with E-state index in [4.69, 9.17) is 0 Å². The van der Waals surface area contributed by atoms with Crippen molar-refractivity contribution in [2.45, 2.75) is 70.7 Å². The number of amides is 2. The second-order valence-corrected chi connectivity index (χ2v) is 8.86. The summed E-state index contributed by atoms with van der Waals surface area (Å²) in [5.74, 6) is -0.722. The molecule has 1 aromatic rings. The second kappa shape index (κ2) is 7.62. The van der Waals surface area contributed by atoms with Crippen LogP contribution >= 0.6 is 11.3 Å². The smallest absolute Gasteiger partial charge is 0.254 e. The number of hydrogen-bond donors (Lipinski definition) is 3. The van der Waals surface area contributed by atoms with Gasteiger partial charge in [-0.25, -0.2) is 4.98 Å². The van der Waals surface area contributed by atoms with E-state index in [9.17, 15) is 19.8 Å². The van der Waals surface area contributed by atoms with Gasteiger partial charge in [-0.15, -0.1) is 11.3 Å². The van der Waals surface area contributed by atoms with Crippen molar-refractivity contribution in [3.8, 4) is 0 Å². The molecular formula is C18H27N3O4S. The Morgan fingerprint density at radius 1 is 1.35 bits per heavy atom. The number of rotatable bonds is 4. The highest BCUT2D eigenvalue weighted by atomic mass is 32.1. The molecule has 2 aliphatic rings. The molecule has 3 rings (SSSR count). The molecule has 1 aliphatic heterocycles. The highest BCUT2D eigenvalue weighted by Crippen LogP contribution is 2.27. The fourth-order valence-electron chi connectivity index (χ4n) is 3.60. The van der Waals surface area contributed by atoms with Crippen LogP contribution in [0.1, 0.15) is 55.1 Å². The first-order chi connectivity index (χ1) is 12.3. The van der Waals surface area contributed by atoms with Gasteiger partial charge in [0, 0.05) is 17.8 Å². The van der Waals surface area contributed by atoms with Crippen LogP contribution in [0, 0.1) is 5.92 Å². The second-order valence-electron chi connectivity index (χ2n) is 7.69. The number of aromatic nitrogens is 1. The lowest BCUT2D eigenvalue weighted by atomic mass is 9.86.